The van der Waals surface area contributed by atoms with Crippen LogP contribution < -0.4 is 4.74 Å². The molecule has 0 fully saturated rings. The first kappa shape index (κ1) is 17.9. The summed E-state index contributed by atoms with van der Waals surface area (Å²) in [6, 6.07) is 7.28. The van der Waals surface area contributed by atoms with Gasteiger partial charge in [-0.1, -0.05) is 11.6 Å². The van der Waals surface area contributed by atoms with Gasteiger partial charge < -0.3 is 9.64 Å². The van der Waals surface area contributed by atoms with E-state index in [0.717, 1.165) is 5.69 Å². The van der Waals surface area contributed by atoms with Crippen molar-refractivity contribution < 1.29 is 13.9 Å². The second-order valence-electron chi connectivity index (χ2n) is 5.69. The van der Waals surface area contributed by atoms with Crippen molar-refractivity contribution in [2.45, 2.75) is 13.3 Å². The van der Waals surface area contributed by atoms with Gasteiger partial charge in [-0.3, -0.25) is 9.48 Å². The van der Waals surface area contributed by atoms with Crippen molar-refractivity contribution in [1.82, 2.24) is 24.5 Å². The van der Waals surface area contributed by atoms with Crippen LogP contribution in [0.4, 0.5) is 4.39 Å². The van der Waals surface area contributed by atoms with Gasteiger partial charge in [0.2, 0.25) is 0 Å². The third-order valence-electron chi connectivity index (χ3n) is 3.78. The summed E-state index contributed by atoms with van der Waals surface area (Å²) >= 11 is 6.07. The predicted molar refractivity (Wildman–Crippen MR) is 93.3 cm³/mol. The second kappa shape index (κ2) is 7.57. The first-order valence-electron chi connectivity index (χ1n) is 7.77. The maximum Gasteiger partial charge on any atom is 0.274 e. The van der Waals surface area contributed by atoms with Crippen molar-refractivity contribution in [3.63, 3.8) is 0 Å². The largest absolute Gasteiger partial charge is 0.471 e. The fraction of sp³-hybridized carbons (Fsp3) is 0.235. The minimum absolute atomic E-state index is 0.107. The number of ether oxygens (including phenoxy) is 1. The minimum Gasteiger partial charge on any atom is -0.471 e. The molecule has 0 spiro atoms. The van der Waals surface area contributed by atoms with Gasteiger partial charge in [-0.15, -0.1) is 0 Å². The van der Waals surface area contributed by atoms with E-state index in [4.69, 9.17) is 16.3 Å². The number of hydrogen-bond donors (Lipinski definition) is 0. The summed E-state index contributed by atoms with van der Waals surface area (Å²) in [7, 11) is 3.43. The van der Waals surface area contributed by atoms with E-state index in [-0.39, 0.29) is 24.1 Å². The van der Waals surface area contributed by atoms with Crippen LogP contribution >= 0.6 is 11.6 Å². The van der Waals surface area contributed by atoms with Crippen LogP contribution in [0.1, 0.15) is 16.2 Å². The van der Waals surface area contributed by atoms with Crippen LogP contribution in [-0.2, 0) is 20.3 Å². The summed E-state index contributed by atoms with van der Waals surface area (Å²) in [4.78, 5) is 14.0. The summed E-state index contributed by atoms with van der Waals surface area (Å²) in [5, 5.41) is 8.76. The van der Waals surface area contributed by atoms with Gasteiger partial charge in [-0.2, -0.15) is 10.2 Å². The second-order valence-corrected chi connectivity index (χ2v) is 6.10. The highest BCUT2D eigenvalue weighted by Gasteiger charge is 2.18. The number of aryl methyl sites for hydroxylation is 1. The maximum absolute atomic E-state index is 12.9. The molecule has 1 amide bonds. The summed E-state index contributed by atoms with van der Waals surface area (Å²) < 4.78 is 21.5. The Bertz CT molecular complexity index is 887. The number of amides is 1. The van der Waals surface area contributed by atoms with Gasteiger partial charge in [0.1, 0.15) is 11.6 Å². The average molecular weight is 378 g/mol. The normalized spacial score (nSPS) is 10.8. The highest BCUT2D eigenvalue weighted by atomic mass is 35.5. The van der Waals surface area contributed by atoms with Crippen molar-refractivity contribution in [2.75, 3.05) is 7.05 Å². The van der Waals surface area contributed by atoms with E-state index in [2.05, 4.69) is 10.2 Å². The molecule has 1 aromatic carbocycles. The number of aromatic nitrogens is 4. The molecule has 0 aliphatic carbocycles. The molecule has 9 heteroatoms. The van der Waals surface area contributed by atoms with Gasteiger partial charge in [-0.05, 0) is 30.3 Å². The number of nitrogens with zero attached hydrogens (tertiary/aromatic N) is 5. The predicted octanol–water partition coefficient (Wildman–Crippen LogP) is 2.72. The highest BCUT2D eigenvalue weighted by molar-refractivity contribution is 6.31. The number of rotatable bonds is 6. The third kappa shape index (κ3) is 4.02. The summed E-state index contributed by atoms with van der Waals surface area (Å²) in [5.41, 5.74) is 1.02. The Labute approximate surface area is 154 Å². The van der Waals surface area contributed by atoms with E-state index in [1.807, 2.05) is 0 Å². The number of carbonyl (C=O) groups is 1. The van der Waals surface area contributed by atoms with Gasteiger partial charge in [-0.25, -0.2) is 9.07 Å². The van der Waals surface area contributed by atoms with E-state index < -0.39 is 0 Å². The highest BCUT2D eigenvalue weighted by Crippen LogP contribution is 2.17. The third-order valence-corrected chi connectivity index (χ3v) is 4.10. The monoisotopic (exact) mass is 377 g/mol. The molecule has 7 nitrogen and oxygen atoms in total. The van der Waals surface area contributed by atoms with Crippen molar-refractivity contribution in [3.8, 4) is 5.75 Å². The zero-order valence-electron chi connectivity index (χ0n) is 14.3. The van der Waals surface area contributed by atoms with Gasteiger partial charge in [0.25, 0.3) is 5.91 Å². The molecule has 0 saturated carbocycles. The van der Waals surface area contributed by atoms with Crippen LogP contribution in [0.25, 0.3) is 0 Å². The zero-order chi connectivity index (χ0) is 18.7. The Morgan fingerprint density at radius 1 is 1.31 bits per heavy atom. The maximum atomic E-state index is 12.9. The molecule has 3 aromatic rings. The van der Waals surface area contributed by atoms with Crippen LogP contribution in [0.15, 0.2) is 42.7 Å². The van der Waals surface area contributed by atoms with Crippen LogP contribution in [0.3, 0.4) is 0 Å². The molecule has 136 valence electrons. The molecular formula is C17H17ClFN5O2. The molecule has 0 N–H and O–H groups in total. The number of halogens is 2. The van der Waals surface area contributed by atoms with E-state index in [1.54, 1.807) is 31.0 Å². The molecule has 0 atom stereocenters. The number of hydrogen-bond acceptors (Lipinski definition) is 4. The lowest BCUT2D eigenvalue weighted by Crippen LogP contribution is -2.28. The fourth-order valence-electron chi connectivity index (χ4n) is 2.33. The van der Waals surface area contributed by atoms with E-state index in [0.29, 0.717) is 17.3 Å². The summed E-state index contributed by atoms with van der Waals surface area (Å²) in [5.74, 6) is -0.0681. The van der Waals surface area contributed by atoms with Crippen molar-refractivity contribution >= 4 is 17.5 Å². The number of benzene rings is 1. The summed E-state index contributed by atoms with van der Waals surface area (Å²) in [6.45, 7) is 0.420. The lowest BCUT2D eigenvalue weighted by Gasteiger charge is -2.16. The topological polar surface area (TPSA) is 65.2 Å². The minimum atomic E-state index is -0.333. The molecule has 2 aromatic heterocycles. The molecule has 26 heavy (non-hydrogen) atoms. The average Bonchev–Trinajstić information content (AvgIpc) is 3.22. The molecule has 0 unspecified atom stereocenters. The Morgan fingerprint density at radius 3 is 2.69 bits per heavy atom. The van der Waals surface area contributed by atoms with Gasteiger partial charge in [0.15, 0.2) is 12.4 Å². The van der Waals surface area contributed by atoms with Gasteiger partial charge in [0, 0.05) is 20.3 Å². The molecular weight excluding hydrogens is 361 g/mol. The molecule has 0 aliphatic rings. The lowest BCUT2D eigenvalue weighted by molar-refractivity contribution is 0.0774. The van der Waals surface area contributed by atoms with Crippen molar-refractivity contribution in [2.24, 2.45) is 7.05 Å². The molecule has 2 heterocycles. The van der Waals surface area contributed by atoms with Gasteiger partial charge in [0.05, 0.1) is 23.5 Å². The first-order chi connectivity index (χ1) is 12.4. The van der Waals surface area contributed by atoms with Gasteiger partial charge >= 0.3 is 0 Å². The lowest BCUT2D eigenvalue weighted by atomic mass is 10.3. The molecule has 3 rings (SSSR count). The fourth-order valence-corrected chi connectivity index (χ4v) is 2.55. The van der Waals surface area contributed by atoms with Crippen LogP contribution in [0, 0.1) is 5.82 Å². The van der Waals surface area contributed by atoms with E-state index >= 15 is 0 Å². The Balaban J connectivity index is 1.61. The Kier molecular flexibility index (Phi) is 5.22. The molecule has 0 bridgehead atoms. The van der Waals surface area contributed by atoms with E-state index in [9.17, 15) is 9.18 Å². The van der Waals surface area contributed by atoms with Crippen molar-refractivity contribution in [1.29, 1.82) is 0 Å². The van der Waals surface area contributed by atoms with Crippen LogP contribution in [-0.4, -0.2) is 37.4 Å². The zero-order valence-corrected chi connectivity index (χ0v) is 15.0. The van der Waals surface area contributed by atoms with Crippen LogP contribution in [0.2, 0.25) is 5.02 Å². The molecule has 0 saturated heterocycles. The standard InChI is InChI=1S/C17H17ClFN5O2/c1-22(10-16-14(18)9-20-23(16)2)17(25)15-7-8-24(21-15)11-26-13-5-3-12(19)4-6-13/h3-9H,10-11H2,1-2H3. The van der Waals surface area contributed by atoms with Crippen molar-refractivity contribution in [3.05, 3.63) is 65.0 Å². The van der Waals surface area contributed by atoms with Crippen LogP contribution in [0.5, 0.6) is 5.75 Å². The molecule has 0 radical (unpaired) electrons. The summed E-state index contributed by atoms with van der Waals surface area (Å²) in [6.07, 6.45) is 3.18. The van der Waals surface area contributed by atoms with E-state index in [1.165, 1.54) is 40.0 Å². The quantitative estimate of drug-likeness (QED) is 0.662. The Hall–Kier alpha value is -2.87. The SMILES string of the molecule is CN(Cc1c(Cl)cnn1C)C(=O)c1ccn(COc2ccc(F)cc2)n1. The number of carbonyl (C=O) groups excluding carboxylic acids is 1. The smallest absolute Gasteiger partial charge is 0.274 e. The Morgan fingerprint density at radius 2 is 2.04 bits per heavy atom. The molecule has 0 aliphatic heterocycles. The first-order valence-corrected chi connectivity index (χ1v) is 8.15.